The molecule has 2 aromatic rings. The van der Waals surface area contributed by atoms with Gasteiger partial charge in [0.2, 0.25) is 5.91 Å². The van der Waals surface area contributed by atoms with E-state index in [-0.39, 0.29) is 11.9 Å². The lowest BCUT2D eigenvalue weighted by Gasteiger charge is -2.29. The third kappa shape index (κ3) is 4.64. The summed E-state index contributed by atoms with van der Waals surface area (Å²) in [6.45, 7) is 5.86. The molecule has 1 amide bonds. The summed E-state index contributed by atoms with van der Waals surface area (Å²) in [7, 11) is 0. The van der Waals surface area contributed by atoms with Crippen LogP contribution in [0.2, 0.25) is 0 Å². The number of hydrogen-bond acceptors (Lipinski definition) is 4. The van der Waals surface area contributed by atoms with Crippen LogP contribution in [0.4, 0.5) is 5.69 Å². The highest BCUT2D eigenvalue weighted by molar-refractivity contribution is 8.19. The quantitative estimate of drug-likeness (QED) is 0.710. The zero-order valence-electron chi connectivity index (χ0n) is 15.4. The second kappa shape index (κ2) is 9.49. The Morgan fingerprint density at radius 3 is 2.42 bits per heavy atom. The van der Waals surface area contributed by atoms with Crippen molar-refractivity contribution in [1.82, 2.24) is 4.90 Å². The molecule has 26 heavy (non-hydrogen) atoms. The highest BCUT2D eigenvalue weighted by Crippen LogP contribution is 2.45. The van der Waals surface area contributed by atoms with E-state index in [1.807, 2.05) is 66.0 Å². The number of rotatable bonds is 7. The topological polar surface area (TPSA) is 32.3 Å². The van der Waals surface area contributed by atoms with Crippen LogP contribution in [0.15, 0.2) is 54.6 Å². The van der Waals surface area contributed by atoms with E-state index in [0.29, 0.717) is 4.58 Å². The van der Waals surface area contributed by atoms with Gasteiger partial charge in [0.25, 0.3) is 0 Å². The minimum Gasteiger partial charge on any atom is -0.324 e. The number of hydrogen-bond donors (Lipinski definition) is 1. The first kappa shape index (κ1) is 19.3. The number of thioether (sulfide) groups is 2. The van der Waals surface area contributed by atoms with Gasteiger partial charge >= 0.3 is 0 Å². The van der Waals surface area contributed by atoms with Crippen LogP contribution in [0.5, 0.6) is 0 Å². The van der Waals surface area contributed by atoms with E-state index >= 15 is 0 Å². The van der Waals surface area contributed by atoms with E-state index in [2.05, 4.69) is 36.2 Å². The molecular weight excluding hydrogens is 360 g/mol. The van der Waals surface area contributed by atoms with Crippen molar-refractivity contribution in [3.8, 4) is 0 Å². The fraction of sp³-hybridized carbons (Fsp3) is 0.381. The average Bonchev–Trinajstić information content (AvgIpc) is 3.21. The van der Waals surface area contributed by atoms with Crippen molar-refractivity contribution < 1.29 is 4.79 Å². The number of benzene rings is 2. The fourth-order valence-corrected chi connectivity index (χ4v) is 6.11. The van der Waals surface area contributed by atoms with E-state index in [0.717, 1.165) is 24.3 Å². The van der Waals surface area contributed by atoms with Gasteiger partial charge in [0.05, 0.1) is 4.58 Å². The molecule has 0 spiro atoms. The van der Waals surface area contributed by atoms with E-state index in [1.54, 1.807) is 0 Å². The Kier molecular flexibility index (Phi) is 7.06. The number of nitrogens with one attached hydrogen (secondary N) is 1. The summed E-state index contributed by atoms with van der Waals surface area (Å²) in [6.07, 6.45) is 0. The Morgan fingerprint density at radius 2 is 1.77 bits per heavy atom. The molecule has 1 atom stereocenters. The van der Waals surface area contributed by atoms with Crippen LogP contribution >= 0.6 is 23.5 Å². The molecule has 0 saturated carbocycles. The molecule has 1 heterocycles. The van der Waals surface area contributed by atoms with Crippen LogP contribution < -0.4 is 5.32 Å². The lowest BCUT2D eigenvalue weighted by molar-refractivity contribution is -0.121. The minimum absolute atomic E-state index is 0.0313. The van der Waals surface area contributed by atoms with Gasteiger partial charge in [-0.2, -0.15) is 0 Å². The van der Waals surface area contributed by atoms with E-state index in [1.165, 1.54) is 17.1 Å². The first-order valence-electron chi connectivity index (χ1n) is 9.16. The van der Waals surface area contributed by atoms with Gasteiger partial charge in [-0.25, -0.2) is 0 Å². The van der Waals surface area contributed by atoms with Crippen LogP contribution in [-0.2, 0) is 4.79 Å². The smallest absolute Gasteiger partial charge is 0.246 e. The monoisotopic (exact) mass is 386 g/mol. The number of carbonyl (C=O) groups is 1. The van der Waals surface area contributed by atoms with E-state index in [9.17, 15) is 4.79 Å². The highest BCUT2D eigenvalue weighted by Gasteiger charge is 2.26. The van der Waals surface area contributed by atoms with Crippen LogP contribution in [-0.4, -0.2) is 35.4 Å². The Labute approximate surface area is 164 Å². The van der Waals surface area contributed by atoms with Crippen LogP contribution in [0.1, 0.15) is 35.6 Å². The first-order valence-corrected chi connectivity index (χ1v) is 11.3. The summed E-state index contributed by atoms with van der Waals surface area (Å²) >= 11 is 3.96. The maximum absolute atomic E-state index is 13.1. The normalized spacial score (nSPS) is 16.0. The maximum atomic E-state index is 13.1. The second-order valence-corrected chi connectivity index (χ2v) is 8.95. The van der Waals surface area contributed by atoms with Crippen molar-refractivity contribution in [2.24, 2.45) is 0 Å². The molecule has 5 heteroatoms. The maximum Gasteiger partial charge on any atom is 0.246 e. The molecule has 1 aliphatic rings. The van der Waals surface area contributed by atoms with Gasteiger partial charge in [-0.15, -0.1) is 23.5 Å². The van der Waals surface area contributed by atoms with Gasteiger partial charge in [0.1, 0.15) is 6.04 Å². The molecule has 138 valence electrons. The van der Waals surface area contributed by atoms with Crippen molar-refractivity contribution in [2.75, 3.05) is 29.9 Å². The lowest BCUT2D eigenvalue weighted by Crippen LogP contribution is -2.37. The molecule has 3 rings (SSSR count). The fourth-order valence-electron chi connectivity index (χ4n) is 3.28. The van der Waals surface area contributed by atoms with Crippen molar-refractivity contribution >= 4 is 35.1 Å². The number of nitrogens with zero attached hydrogens (tertiary/aromatic N) is 1. The number of carbonyl (C=O) groups excluding carboxylic acids is 1. The molecule has 1 fully saturated rings. The summed E-state index contributed by atoms with van der Waals surface area (Å²) in [6, 6.07) is 18.1. The predicted octanol–water partition coefficient (Wildman–Crippen LogP) is 5.19. The Bertz CT molecular complexity index is 713. The third-order valence-electron chi connectivity index (χ3n) is 4.59. The molecule has 3 nitrogen and oxygen atoms in total. The summed E-state index contributed by atoms with van der Waals surface area (Å²) in [5.74, 6) is 2.43. The lowest BCUT2D eigenvalue weighted by atomic mass is 10.0. The Hall–Kier alpha value is -1.43. The SMILES string of the molecule is CCN(CC)C(C(=O)Nc1cccc(C2SCCS2)c1)c1ccccc1. The summed E-state index contributed by atoms with van der Waals surface area (Å²) < 4.78 is 0.486. The molecule has 0 bridgehead atoms. The van der Waals surface area contributed by atoms with Crippen molar-refractivity contribution in [1.29, 1.82) is 0 Å². The van der Waals surface area contributed by atoms with Crippen LogP contribution in [0.3, 0.4) is 0 Å². The summed E-state index contributed by atoms with van der Waals surface area (Å²) in [4.78, 5) is 15.3. The molecule has 0 aromatic heterocycles. The van der Waals surface area contributed by atoms with Crippen molar-refractivity contribution in [3.63, 3.8) is 0 Å². The van der Waals surface area contributed by atoms with E-state index in [4.69, 9.17) is 0 Å². The third-order valence-corrected chi connectivity index (χ3v) is 7.69. The van der Waals surface area contributed by atoms with Gasteiger partial charge in [0, 0.05) is 17.2 Å². The van der Waals surface area contributed by atoms with Crippen molar-refractivity contribution in [3.05, 3.63) is 65.7 Å². The molecule has 1 N–H and O–H groups in total. The predicted molar refractivity (Wildman–Crippen MR) is 115 cm³/mol. The van der Waals surface area contributed by atoms with E-state index < -0.39 is 0 Å². The molecule has 0 aliphatic carbocycles. The highest BCUT2D eigenvalue weighted by atomic mass is 32.2. The van der Waals surface area contributed by atoms with Crippen LogP contribution in [0.25, 0.3) is 0 Å². The Balaban J connectivity index is 1.80. The van der Waals surface area contributed by atoms with Crippen LogP contribution in [0, 0.1) is 0 Å². The molecule has 2 aromatic carbocycles. The first-order chi connectivity index (χ1) is 12.7. The van der Waals surface area contributed by atoms with Gasteiger partial charge in [0.15, 0.2) is 0 Å². The second-order valence-electron chi connectivity index (χ2n) is 6.22. The minimum atomic E-state index is -0.273. The zero-order chi connectivity index (χ0) is 18.4. The summed E-state index contributed by atoms with van der Waals surface area (Å²) in [5.41, 5.74) is 3.20. The van der Waals surface area contributed by atoms with Gasteiger partial charge in [-0.05, 0) is 36.3 Å². The van der Waals surface area contributed by atoms with Gasteiger partial charge in [-0.3, -0.25) is 9.69 Å². The number of likely N-dealkylation sites (N-methyl/N-ethyl adjacent to an activating group) is 1. The van der Waals surface area contributed by atoms with Gasteiger partial charge in [-0.1, -0.05) is 56.3 Å². The largest absolute Gasteiger partial charge is 0.324 e. The molecule has 1 saturated heterocycles. The summed E-state index contributed by atoms with van der Waals surface area (Å²) in [5, 5.41) is 3.15. The number of anilines is 1. The number of amides is 1. The molecule has 1 unspecified atom stereocenters. The molecular formula is C21H26N2OS2. The average molecular weight is 387 g/mol. The zero-order valence-corrected chi connectivity index (χ0v) is 17.0. The van der Waals surface area contributed by atoms with Crippen molar-refractivity contribution in [2.45, 2.75) is 24.5 Å². The standard InChI is InChI=1S/C21H26N2OS2/c1-3-23(4-2)19(16-9-6-5-7-10-16)20(24)22-18-12-8-11-17(15-18)21-25-13-14-26-21/h5-12,15,19,21H,3-4,13-14H2,1-2H3,(H,22,24). The Morgan fingerprint density at radius 1 is 1.08 bits per heavy atom. The van der Waals surface area contributed by atoms with Gasteiger partial charge < -0.3 is 5.32 Å². The molecule has 1 aliphatic heterocycles. The molecule has 0 radical (unpaired) electrons.